The van der Waals surface area contributed by atoms with Gasteiger partial charge in [-0.3, -0.25) is 4.79 Å². The van der Waals surface area contributed by atoms with Crippen LogP contribution < -0.4 is 5.32 Å². The Labute approximate surface area is 165 Å². The van der Waals surface area contributed by atoms with E-state index in [1.54, 1.807) is 12.1 Å². The van der Waals surface area contributed by atoms with E-state index in [0.29, 0.717) is 5.69 Å². The molecule has 0 radical (unpaired) electrons. The van der Waals surface area contributed by atoms with Gasteiger partial charge in [0.15, 0.2) is 0 Å². The van der Waals surface area contributed by atoms with E-state index in [0.717, 1.165) is 42.9 Å². The SMILES string of the molecule is O=C(Nc1cccc(-c2cn3c(n2)CCCC3)c1)c1cccnc1SC(F)F. The minimum absolute atomic E-state index is 0.00734. The molecule has 8 heteroatoms. The van der Waals surface area contributed by atoms with Crippen LogP contribution >= 0.6 is 11.8 Å². The smallest absolute Gasteiger partial charge is 0.290 e. The number of alkyl halides is 2. The zero-order chi connectivity index (χ0) is 19.5. The first-order valence-corrected chi connectivity index (χ1v) is 9.86. The third-order valence-corrected chi connectivity index (χ3v) is 5.27. The van der Waals surface area contributed by atoms with Gasteiger partial charge in [-0.25, -0.2) is 9.97 Å². The molecule has 0 unspecified atom stereocenters. The third-order valence-electron chi connectivity index (χ3n) is 4.54. The van der Waals surface area contributed by atoms with E-state index < -0.39 is 11.7 Å². The van der Waals surface area contributed by atoms with Crippen molar-refractivity contribution >= 4 is 23.4 Å². The first-order chi connectivity index (χ1) is 13.6. The lowest BCUT2D eigenvalue weighted by molar-refractivity contribution is 0.102. The van der Waals surface area contributed by atoms with Crippen molar-refractivity contribution in [1.82, 2.24) is 14.5 Å². The zero-order valence-corrected chi connectivity index (χ0v) is 15.8. The molecule has 0 saturated heterocycles. The van der Waals surface area contributed by atoms with Gasteiger partial charge in [0.1, 0.15) is 10.9 Å². The molecule has 2 aromatic heterocycles. The summed E-state index contributed by atoms with van der Waals surface area (Å²) in [5, 5.41) is 2.78. The van der Waals surface area contributed by atoms with Gasteiger partial charge in [0.25, 0.3) is 11.7 Å². The van der Waals surface area contributed by atoms with Crippen LogP contribution in [0.2, 0.25) is 0 Å². The first kappa shape index (κ1) is 18.6. The molecule has 5 nitrogen and oxygen atoms in total. The third kappa shape index (κ3) is 4.06. The summed E-state index contributed by atoms with van der Waals surface area (Å²) in [5.74, 6) is -2.03. The van der Waals surface area contributed by atoms with Gasteiger partial charge >= 0.3 is 0 Å². The molecule has 1 aromatic carbocycles. The number of pyridine rings is 1. The number of anilines is 1. The number of benzene rings is 1. The number of imidazole rings is 1. The van der Waals surface area contributed by atoms with Crippen molar-refractivity contribution in [1.29, 1.82) is 0 Å². The number of halogens is 2. The van der Waals surface area contributed by atoms with Crippen LogP contribution in [0.5, 0.6) is 0 Å². The quantitative estimate of drug-likeness (QED) is 0.622. The van der Waals surface area contributed by atoms with Crippen molar-refractivity contribution in [2.24, 2.45) is 0 Å². The van der Waals surface area contributed by atoms with Crippen LogP contribution in [-0.4, -0.2) is 26.2 Å². The van der Waals surface area contributed by atoms with Crippen molar-refractivity contribution in [3.8, 4) is 11.3 Å². The number of thioether (sulfide) groups is 1. The van der Waals surface area contributed by atoms with Crippen molar-refractivity contribution in [2.45, 2.75) is 36.6 Å². The monoisotopic (exact) mass is 400 g/mol. The van der Waals surface area contributed by atoms with E-state index in [2.05, 4.69) is 14.9 Å². The number of carbonyl (C=O) groups is 1. The second-order valence-corrected chi connectivity index (χ2v) is 7.44. The topological polar surface area (TPSA) is 59.8 Å². The number of amides is 1. The minimum atomic E-state index is -2.64. The van der Waals surface area contributed by atoms with Gasteiger partial charge in [0.05, 0.1) is 11.3 Å². The van der Waals surface area contributed by atoms with Gasteiger partial charge in [-0.1, -0.05) is 12.1 Å². The Morgan fingerprint density at radius 3 is 2.93 bits per heavy atom. The van der Waals surface area contributed by atoms with Crippen LogP contribution in [-0.2, 0) is 13.0 Å². The largest absolute Gasteiger partial charge is 0.334 e. The Morgan fingerprint density at radius 1 is 1.21 bits per heavy atom. The summed E-state index contributed by atoms with van der Waals surface area (Å²) >= 11 is 0.261. The molecule has 144 valence electrons. The molecule has 0 aliphatic carbocycles. The molecule has 28 heavy (non-hydrogen) atoms. The predicted octanol–water partition coefficient (Wildman–Crippen LogP) is 4.85. The molecule has 0 saturated carbocycles. The molecule has 1 aliphatic heterocycles. The van der Waals surface area contributed by atoms with Crippen molar-refractivity contribution < 1.29 is 13.6 Å². The summed E-state index contributed by atoms with van der Waals surface area (Å²) in [7, 11) is 0. The second kappa shape index (κ2) is 8.10. The van der Waals surface area contributed by atoms with Gasteiger partial charge in [-0.15, -0.1) is 0 Å². The highest BCUT2D eigenvalue weighted by Crippen LogP contribution is 2.28. The zero-order valence-electron chi connectivity index (χ0n) is 14.9. The molecule has 0 atom stereocenters. The summed E-state index contributed by atoms with van der Waals surface area (Å²) < 4.78 is 27.6. The summed E-state index contributed by atoms with van der Waals surface area (Å²) in [6.07, 6.45) is 6.71. The molecule has 0 spiro atoms. The Morgan fingerprint density at radius 2 is 2.11 bits per heavy atom. The lowest BCUT2D eigenvalue weighted by atomic mass is 10.1. The molecule has 0 bridgehead atoms. The van der Waals surface area contributed by atoms with Gasteiger partial charge in [-0.05, 0) is 48.9 Å². The maximum absolute atomic E-state index is 12.7. The fourth-order valence-corrected chi connectivity index (χ4v) is 3.83. The molecule has 3 heterocycles. The van der Waals surface area contributed by atoms with Crippen LogP contribution in [0.1, 0.15) is 29.0 Å². The summed E-state index contributed by atoms with van der Waals surface area (Å²) in [5.41, 5.74) is 2.46. The van der Waals surface area contributed by atoms with E-state index in [9.17, 15) is 13.6 Å². The van der Waals surface area contributed by atoms with E-state index in [1.165, 1.54) is 12.3 Å². The lowest BCUT2D eigenvalue weighted by Gasteiger charge is -2.11. The van der Waals surface area contributed by atoms with Crippen LogP contribution in [0.3, 0.4) is 0 Å². The van der Waals surface area contributed by atoms with Crippen molar-refractivity contribution in [3.05, 3.63) is 60.2 Å². The van der Waals surface area contributed by atoms with Gasteiger partial charge in [-0.2, -0.15) is 8.78 Å². The lowest BCUT2D eigenvalue weighted by Crippen LogP contribution is -2.14. The highest BCUT2D eigenvalue weighted by molar-refractivity contribution is 7.99. The summed E-state index contributed by atoms with van der Waals surface area (Å²) in [4.78, 5) is 21.2. The molecule has 0 fully saturated rings. The van der Waals surface area contributed by atoms with E-state index >= 15 is 0 Å². The fourth-order valence-electron chi connectivity index (χ4n) is 3.25. The van der Waals surface area contributed by atoms with Gasteiger partial charge < -0.3 is 9.88 Å². The van der Waals surface area contributed by atoms with Crippen molar-refractivity contribution in [3.63, 3.8) is 0 Å². The fraction of sp³-hybridized carbons (Fsp3) is 0.250. The standard InChI is InChI=1S/C20H18F2N4OS/c21-20(22)28-19-15(7-4-9-23-19)18(27)24-14-6-3-5-13(11-14)16-12-26-10-2-1-8-17(26)25-16/h3-7,9,11-12,20H,1-2,8,10H2,(H,24,27). The Bertz CT molecular complexity index is 982. The maximum atomic E-state index is 12.7. The Hall–Kier alpha value is -2.74. The molecular formula is C20H18F2N4OS. The number of fused-ring (bicyclic) bond motifs is 1. The minimum Gasteiger partial charge on any atom is -0.334 e. The van der Waals surface area contributed by atoms with E-state index in [1.807, 2.05) is 24.4 Å². The molecule has 3 aromatic rings. The summed E-state index contributed by atoms with van der Waals surface area (Å²) in [6.45, 7) is 0.977. The molecular weight excluding hydrogens is 382 g/mol. The number of carbonyl (C=O) groups excluding carboxylic acids is 1. The average Bonchev–Trinajstić information content (AvgIpc) is 3.12. The van der Waals surface area contributed by atoms with Crippen LogP contribution in [0.4, 0.5) is 14.5 Å². The molecule has 1 aliphatic rings. The number of hydrogen-bond acceptors (Lipinski definition) is 4. The average molecular weight is 400 g/mol. The highest BCUT2D eigenvalue weighted by Gasteiger charge is 2.17. The van der Waals surface area contributed by atoms with E-state index in [-0.39, 0.29) is 22.4 Å². The number of nitrogens with one attached hydrogen (secondary N) is 1. The number of aryl methyl sites for hydroxylation is 2. The number of aromatic nitrogens is 3. The van der Waals surface area contributed by atoms with Crippen LogP contribution in [0.25, 0.3) is 11.3 Å². The number of hydrogen-bond donors (Lipinski definition) is 1. The van der Waals surface area contributed by atoms with Crippen molar-refractivity contribution in [2.75, 3.05) is 5.32 Å². The van der Waals surface area contributed by atoms with Crippen LogP contribution in [0, 0.1) is 0 Å². The summed E-state index contributed by atoms with van der Waals surface area (Å²) in [6, 6.07) is 10.4. The highest BCUT2D eigenvalue weighted by atomic mass is 32.2. The first-order valence-electron chi connectivity index (χ1n) is 8.98. The molecule has 4 rings (SSSR count). The number of rotatable bonds is 5. The molecule has 1 amide bonds. The van der Waals surface area contributed by atoms with Gasteiger partial charge in [0.2, 0.25) is 0 Å². The van der Waals surface area contributed by atoms with Crippen LogP contribution in [0.15, 0.2) is 53.8 Å². The maximum Gasteiger partial charge on any atom is 0.290 e. The van der Waals surface area contributed by atoms with Gasteiger partial charge in [0, 0.05) is 36.6 Å². The normalized spacial score (nSPS) is 13.4. The number of nitrogens with zero attached hydrogens (tertiary/aromatic N) is 3. The van der Waals surface area contributed by atoms with E-state index in [4.69, 9.17) is 4.98 Å². The second-order valence-electron chi connectivity index (χ2n) is 6.46. The molecule has 1 N–H and O–H groups in total. The Balaban J connectivity index is 1.56. The Kier molecular flexibility index (Phi) is 5.38. The predicted molar refractivity (Wildman–Crippen MR) is 105 cm³/mol.